The first-order valence-electron chi connectivity index (χ1n) is 3.50. The number of halogens is 2. The predicted octanol–water partition coefficient (Wildman–Crippen LogP) is 4.01. The van der Waals surface area contributed by atoms with E-state index in [9.17, 15) is 0 Å². The van der Waals surface area contributed by atoms with E-state index in [1.807, 2.05) is 6.92 Å². The minimum atomic E-state index is 0.471. The van der Waals surface area contributed by atoms with Gasteiger partial charge in [-0.2, -0.15) is 0 Å². The van der Waals surface area contributed by atoms with E-state index in [1.54, 1.807) is 12.2 Å². The molecule has 0 amide bonds. The van der Waals surface area contributed by atoms with E-state index >= 15 is 0 Å². The largest absolute Gasteiger partial charge is 0.247 e. The second kappa shape index (κ2) is 6.21. The van der Waals surface area contributed by atoms with Crippen LogP contribution >= 0.6 is 27.5 Å². The molecular formula is C9H11BrClN. The Hall–Kier alpha value is -0.340. The Morgan fingerprint density at radius 3 is 2.50 bits per heavy atom. The highest BCUT2D eigenvalue weighted by atomic mass is 79.9. The average Bonchev–Trinajstić information content (AvgIpc) is 2.00. The molecule has 12 heavy (non-hydrogen) atoms. The number of aliphatic imine (C=N–C) groups is 1. The van der Waals surface area contributed by atoms with E-state index in [4.69, 9.17) is 11.6 Å². The smallest absolute Gasteiger partial charge is 0.0833 e. The quantitative estimate of drug-likeness (QED) is 0.526. The molecule has 0 rings (SSSR count). The van der Waals surface area contributed by atoms with Gasteiger partial charge in [0.05, 0.1) is 10.3 Å². The lowest BCUT2D eigenvalue weighted by Gasteiger charge is -1.92. The molecule has 0 aromatic rings. The summed E-state index contributed by atoms with van der Waals surface area (Å²) in [5, 5.41) is 0.471. The van der Waals surface area contributed by atoms with E-state index < -0.39 is 0 Å². The zero-order valence-electron chi connectivity index (χ0n) is 6.98. The van der Waals surface area contributed by atoms with Crippen molar-refractivity contribution in [1.29, 1.82) is 0 Å². The van der Waals surface area contributed by atoms with Crippen molar-refractivity contribution in [2.45, 2.75) is 13.3 Å². The van der Waals surface area contributed by atoms with Crippen LogP contribution in [0.4, 0.5) is 0 Å². The maximum Gasteiger partial charge on any atom is 0.0833 e. The van der Waals surface area contributed by atoms with Crippen LogP contribution in [0.3, 0.4) is 0 Å². The maximum atomic E-state index is 5.51. The number of allylic oxidation sites excluding steroid dienone is 3. The van der Waals surface area contributed by atoms with Gasteiger partial charge in [-0.25, -0.2) is 4.99 Å². The Kier molecular flexibility index (Phi) is 6.03. The van der Waals surface area contributed by atoms with Crippen LogP contribution < -0.4 is 0 Å². The van der Waals surface area contributed by atoms with E-state index in [1.165, 1.54) is 0 Å². The highest BCUT2D eigenvalue weighted by Crippen LogP contribution is 2.06. The van der Waals surface area contributed by atoms with Crippen LogP contribution in [0.1, 0.15) is 13.3 Å². The molecule has 0 fully saturated rings. The summed E-state index contributed by atoms with van der Waals surface area (Å²) < 4.78 is 0.873. The monoisotopic (exact) mass is 247 g/mol. The lowest BCUT2D eigenvalue weighted by molar-refractivity contribution is 1.29. The molecule has 3 heteroatoms. The summed E-state index contributed by atoms with van der Waals surface area (Å²) in [6.45, 7) is 9.22. The van der Waals surface area contributed by atoms with Gasteiger partial charge in [0.25, 0.3) is 0 Å². The van der Waals surface area contributed by atoms with Gasteiger partial charge in [-0.15, -0.1) is 0 Å². The van der Waals surface area contributed by atoms with Gasteiger partial charge in [0.1, 0.15) is 0 Å². The van der Waals surface area contributed by atoms with E-state index in [0.29, 0.717) is 10.7 Å². The minimum Gasteiger partial charge on any atom is -0.247 e. The van der Waals surface area contributed by atoms with E-state index in [0.717, 1.165) is 11.0 Å². The third-order valence-electron chi connectivity index (χ3n) is 1.01. The fourth-order valence-corrected chi connectivity index (χ4v) is 0.750. The van der Waals surface area contributed by atoms with Crippen molar-refractivity contribution < 1.29 is 0 Å². The van der Waals surface area contributed by atoms with Gasteiger partial charge < -0.3 is 0 Å². The van der Waals surface area contributed by atoms with Crippen molar-refractivity contribution in [1.82, 2.24) is 0 Å². The predicted molar refractivity (Wildman–Crippen MR) is 59.9 cm³/mol. The summed E-state index contributed by atoms with van der Waals surface area (Å²) in [5.41, 5.74) is 0.658. The summed E-state index contributed by atoms with van der Waals surface area (Å²) in [6.07, 6.45) is 4.23. The van der Waals surface area contributed by atoms with Crippen LogP contribution in [0, 0.1) is 0 Å². The van der Waals surface area contributed by atoms with Crippen molar-refractivity contribution in [3.63, 3.8) is 0 Å². The molecule has 0 radical (unpaired) electrons. The zero-order chi connectivity index (χ0) is 9.56. The Balaban J connectivity index is 4.15. The van der Waals surface area contributed by atoms with Crippen molar-refractivity contribution in [2.24, 2.45) is 4.99 Å². The molecule has 1 nitrogen and oxygen atoms in total. The SMILES string of the molecule is C=C(Cl)/C=C\C(=C)N=C(Br)CC. The lowest BCUT2D eigenvalue weighted by Crippen LogP contribution is -1.81. The summed E-state index contributed by atoms with van der Waals surface area (Å²) in [5.74, 6) is 0. The van der Waals surface area contributed by atoms with Gasteiger partial charge >= 0.3 is 0 Å². The first-order valence-corrected chi connectivity index (χ1v) is 4.67. The van der Waals surface area contributed by atoms with Crippen LogP contribution in [0.5, 0.6) is 0 Å². The fraction of sp³-hybridized carbons (Fsp3) is 0.222. The first kappa shape index (κ1) is 11.7. The molecule has 0 aliphatic carbocycles. The topological polar surface area (TPSA) is 12.4 Å². The van der Waals surface area contributed by atoms with Crippen molar-refractivity contribution in [3.05, 3.63) is 36.0 Å². The first-order chi connectivity index (χ1) is 5.56. The summed E-state index contributed by atoms with van der Waals surface area (Å²) in [4.78, 5) is 4.12. The van der Waals surface area contributed by atoms with Crippen LogP contribution in [-0.2, 0) is 0 Å². The second-order valence-corrected chi connectivity index (χ2v) is 3.51. The summed E-state index contributed by atoms with van der Waals surface area (Å²) in [6, 6.07) is 0. The van der Waals surface area contributed by atoms with Crippen LogP contribution in [0.15, 0.2) is 41.0 Å². The number of nitrogens with zero attached hydrogens (tertiary/aromatic N) is 1. The maximum absolute atomic E-state index is 5.51. The standard InChI is InChI=1S/C9H11BrClN/c1-4-9(10)12-8(3)6-5-7(2)11/h5-6H,2-4H2,1H3/b6-5-,12-9?. The molecule has 0 heterocycles. The van der Waals surface area contributed by atoms with Crippen LogP contribution in [0.25, 0.3) is 0 Å². The van der Waals surface area contributed by atoms with Crippen LogP contribution in [-0.4, -0.2) is 4.62 Å². The van der Waals surface area contributed by atoms with Gasteiger partial charge in [-0.05, 0) is 34.5 Å². The molecule has 66 valence electrons. The van der Waals surface area contributed by atoms with Crippen molar-refractivity contribution >= 4 is 32.2 Å². The third-order valence-corrected chi connectivity index (χ3v) is 1.88. The molecule has 0 unspecified atom stereocenters. The van der Waals surface area contributed by atoms with Crippen molar-refractivity contribution in [3.8, 4) is 0 Å². The van der Waals surface area contributed by atoms with E-state index in [-0.39, 0.29) is 0 Å². The van der Waals surface area contributed by atoms with Gasteiger partial charge in [-0.3, -0.25) is 0 Å². The molecular weight excluding hydrogens is 237 g/mol. The lowest BCUT2D eigenvalue weighted by atomic mass is 10.4. The Labute approximate surface area is 86.7 Å². The highest BCUT2D eigenvalue weighted by Gasteiger charge is 1.88. The zero-order valence-corrected chi connectivity index (χ0v) is 9.32. The summed E-state index contributed by atoms with van der Waals surface area (Å²) >= 11 is 8.79. The molecule has 0 saturated carbocycles. The fourth-order valence-electron chi connectivity index (χ4n) is 0.459. The van der Waals surface area contributed by atoms with Gasteiger partial charge in [-0.1, -0.05) is 31.7 Å². The van der Waals surface area contributed by atoms with Crippen LogP contribution in [0.2, 0.25) is 0 Å². The molecule has 0 aromatic heterocycles. The normalized spacial score (nSPS) is 12.1. The van der Waals surface area contributed by atoms with Gasteiger partial charge in [0.2, 0.25) is 0 Å². The van der Waals surface area contributed by atoms with Gasteiger partial charge in [0, 0.05) is 5.03 Å². The third kappa shape index (κ3) is 6.38. The minimum absolute atomic E-state index is 0.471. The second-order valence-electron chi connectivity index (χ2n) is 2.11. The molecule has 0 aliphatic heterocycles. The molecule has 0 aliphatic rings. The number of rotatable bonds is 4. The molecule has 0 spiro atoms. The Morgan fingerprint density at radius 1 is 1.50 bits per heavy atom. The average molecular weight is 249 g/mol. The molecule has 0 bridgehead atoms. The number of hydrogen-bond donors (Lipinski definition) is 0. The molecule has 0 aromatic carbocycles. The highest BCUT2D eigenvalue weighted by molar-refractivity contribution is 9.18. The number of hydrogen-bond acceptors (Lipinski definition) is 1. The molecule has 0 N–H and O–H groups in total. The Bertz CT molecular complexity index is 241. The van der Waals surface area contributed by atoms with E-state index in [2.05, 4.69) is 34.1 Å². The molecule has 0 atom stereocenters. The van der Waals surface area contributed by atoms with Crippen molar-refractivity contribution in [2.75, 3.05) is 0 Å². The van der Waals surface area contributed by atoms with Gasteiger partial charge in [0.15, 0.2) is 0 Å². The molecule has 0 saturated heterocycles. The summed E-state index contributed by atoms with van der Waals surface area (Å²) in [7, 11) is 0. The Morgan fingerprint density at radius 2 is 2.08 bits per heavy atom.